The minimum absolute atomic E-state index is 0.356. The Kier molecular flexibility index (Phi) is 5.41. The molecule has 4 aliphatic rings. The topological polar surface area (TPSA) is 131 Å². The highest BCUT2D eigenvalue weighted by Crippen LogP contribution is 2.55. The number of carbonyl (C=O) groups is 1. The van der Waals surface area contributed by atoms with Gasteiger partial charge in [0.1, 0.15) is 11.4 Å². The number of nitroso groups, excluding NO2 is 2. The van der Waals surface area contributed by atoms with Crippen LogP contribution in [-0.4, -0.2) is 25.1 Å². The van der Waals surface area contributed by atoms with E-state index in [4.69, 9.17) is 0 Å². The van der Waals surface area contributed by atoms with Crippen LogP contribution in [0, 0.1) is 27.6 Å². The first kappa shape index (κ1) is 21.9. The van der Waals surface area contributed by atoms with Gasteiger partial charge in [-0.15, -0.1) is 9.81 Å². The van der Waals surface area contributed by atoms with Crippen molar-refractivity contribution >= 4 is 27.4 Å². The summed E-state index contributed by atoms with van der Waals surface area (Å²) in [6.07, 6.45) is 4.75. The molecule has 31 heavy (non-hydrogen) atoms. The molecule has 0 unspecified atom stereocenters. The largest absolute Gasteiger partial charge is 0.446 e. The lowest BCUT2D eigenvalue weighted by Crippen LogP contribution is -2.63. The van der Waals surface area contributed by atoms with Crippen LogP contribution in [0.1, 0.15) is 44.1 Å². The molecule has 0 aromatic heterocycles. The van der Waals surface area contributed by atoms with Gasteiger partial charge >= 0.3 is 21.3 Å². The van der Waals surface area contributed by atoms with Crippen molar-refractivity contribution in [3.8, 4) is 0 Å². The lowest BCUT2D eigenvalue weighted by molar-refractivity contribution is -0.142. The molecular formula is C19H21F2N3O6S. The molecule has 0 saturated heterocycles. The van der Waals surface area contributed by atoms with Gasteiger partial charge < -0.3 is 5.32 Å². The summed E-state index contributed by atoms with van der Waals surface area (Å²) < 4.78 is 58.1. The molecule has 4 bridgehead atoms. The summed E-state index contributed by atoms with van der Waals surface area (Å²) in [7, 11) is -5.72. The van der Waals surface area contributed by atoms with Gasteiger partial charge in [0.05, 0.1) is 6.61 Å². The molecule has 1 amide bonds. The van der Waals surface area contributed by atoms with E-state index in [1.807, 2.05) is 0 Å². The van der Waals surface area contributed by atoms with Crippen LogP contribution in [0.2, 0.25) is 0 Å². The number of rotatable bonds is 8. The normalized spacial score (nSPS) is 29.5. The Bertz CT molecular complexity index is 968. The minimum Gasteiger partial charge on any atom is -0.344 e. The summed E-state index contributed by atoms with van der Waals surface area (Å²) in [6, 6.07) is 3.55. The van der Waals surface area contributed by atoms with E-state index in [9.17, 15) is 31.8 Å². The Hall–Kier alpha value is -2.34. The standard InChI is InChI=1S/C19H21F2N3O6S/c20-19(21,17(25)22-18-7-11-4-12(8-18)6-13(5-11)9-18)31(28,29)30-10-14-15(23-26)2-1-3-16(14)24-27/h1-3,11-13H,4-10H2,(H,22,25). The van der Waals surface area contributed by atoms with E-state index in [2.05, 4.69) is 19.9 Å². The molecule has 5 rings (SSSR count). The average molecular weight is 457 g/mol. The highest BCUT2D eigenvalue weighted by atomic mass is 32.2. The molecule has 1 aromatic carbocycles. The zero-order valence-electron chi connectivity index (χ0n) is 16.4. The smallest absolute Gasteiger partial charge is 0.344 e. The monoisotopic (exact) mass is 457 g/mol. The van der Waals surface area contributed by atoms with Gasteiger partial charge in [-0.3, -0.25) is 8.98 Å². The Balaban J connectivity index is 1.49. The van der Waals surface area contributed by atoms with E-state index < -0.39 is 33.4 Å². The minimum atomic E-state index is -5.72. The number of amides is 1. The van der Waals surface area contributed by atoms with Crippen molar-refractivity contribution < 1.29 is 26.2 Å². The van der Waals surface area contributed by atoms with Crippen LogP contribution >= 0.6 is 0 Å². The molecule has 0 spiro atoms. The number of halogens is 2. The predicted octanol–water partition coefficient (Wildman–Crippen LogP) is 4.01. The van der Waals surface area contributed by atoms with Crippen LogP contribution in [0.5, 0.6) is 0 Å². The van der Waals surface area contributed by atoms with E-state index in [-0.39, 0.29) is 16.9 Å². The number of benzene rings is 1. The first-order valence-corrected chi connectivity index (χ1v) is 11.4. The van der Waals surface area contributed by atoms with Crippen molar-refractivity contribution in [3.63, 3.8) is 0 Å². The van der Waals surface area contributed by atoms with E-state index in [1.54, 1.807) is 0 Å². The second kappa shape index (κ2) is 7.66. The van der Waals surface area contributed by atoms with Crippen molar-refractivity contribution in [2.45, 2.75) is 55.9 Å². The molecule has 0 heterocycles. The van der Waals surface area contributed by atoms with Gasteiger partial charge in [0, 0.05) is 11.1 Å². The summed E-state index contributed by atoms with van der Waals surface area (Å²) >= 11 is 0. The third kappa shape index (κ3) is 3.86. The van der Waals surface area contributed by atoms with E-state index in [0.29, 0.717) is 37.0 Å². The van der Waals surface area contributed by atoms with Crippen LogP contribution < -0.4 is 5.32 Å². The van der Waals surface area contributed by atoms with Crippen molar-refractivity contribution in [2.75, 3.05) is 0 Å². The molecule has 9 nitrogen and oxygen atoms in total. The third-order valence-corrected chi connectivity index (χ3v) is 7.92. The van der Waals surface area contributed by atoms with Gasteiger partial charge in [-0.1, -0.05) is 6.07 Å². The molecule has 0 radical (unpaired) electrons. The van der Waals surface area contributed by atoms with Crippen molar-refractivity contribution in [2.24, 2.45) is 28.1 Å². The Labute approximate surface area is 177 Å². The average Bonchev–Trinajstić information content (AvgIpc) is 2.70. The zero-order chi connectivity index (χ0) is 22.4. The SMILES string of the molecule is O=Nc1cccc(N=O)c1COS(=O)(=O)C(F)(F)C(=O)NC12CC3CC(CC(C3)C1)C2. The molecule has 4 fully saturated rings. The number of alkyl halides is 2. The van der Waals surface area contributed by atoms with Gasteiger partial charge in [0.2, 0.25) is 0 Å². The van der Waals surface area contributed by atoms with E-state index in [1.165, 1.54) is 6.07 Å². The second-order valence-electron chi connectivity index (χ2n) is 8.84. The van der Waals surface area contributed by atoms with Crippen LogP contribution in [0.15, 0.2) is 28.6 Å². The fourth-order valence-electron chi connectivity index (χ4n) is 5.78. The highest BCUT2D eigenvalue weighted by Gasteiger charge is 2.58. The van der Waals surface area contributed by atoms with Crippen molar-refractivity contribution in [1.29, 1.82) is 0 Å². The summed E-state index contributed by atoms with van der Waals surface area (Å²) in [6.45, 7) is -1.09. The number of nitrogens with one attached hydrogen (secondary N) is 1. The molecule has 1 aromatic rings. The lowest BCUT2D eigenvalue weighted by atomic mass is 9.53. The number of hydrogen-bond donors (Lipinski definition) is 1. The van der Waals surface area contributed by atoms with E-state index in [0.717, 1.165) is 31.4 Å². The molecule has 4 saturated carbocycles. The Morgan fingerprint density at radius 2 is 1.55 bits per heavy atom. The van der Waals surface area contributed by atoms with E-state index >= 15 is 0 Å². The quantitative estimate of drug-likeness (QED) is 0.463. The molecule has 0 atom stereocenters. The fraction of sp³-hybridized carbons (Fsp3) is 0.632. The number of carbonyl (C=O) groups excluding carboxylic acids is 1. The Morgan fingerprint density at radius 3 is 2.00 bits per heavy atom. The van der Waals surface area contributed by atoms with Crippen LogP contribution in [0.4, 0.5) is 20.2 Å². The predicted molar refractivity (Wildman–Crippen MR) is 105 cm³/mol. The summed E-state index contributed by atoms with van der Waals surface area (Å²) in [5.41, 5.74) is -1.94. The van der Waals surface area contributed by atoms with Crippen LogP contribution in [0.3, 0.4) is 0 Å². The maximum atomic E-state index is 14.7. The highest BCUT2D eigenvalue weighted by molar-refractivity contribution is 7.88. The first-order chi connectivity index (χ1) is 14.6. The molecule has 12 heteroatoms. The Morgan fingerprint density at radius 1 is 1.06 bits per heavy atom. The molecule has 168 valence electrons. The lowest BCUT2D eigenvalue weighted by Gasteiger charge is -2.57. The number of hydrogen-bond acceptors (Lipinski definition) is 8. The van der Waals surface area contributed by atoms with Gasteiger partial charge in [0.25, 0.3) is 0 Å². The van der Waals surface area contributed by atoms with Gasteiger partial charge in [0.15, 0.2) is 0 Å². The van der Waals surface area contributed by atoms with Crippen LogP contribution in [0.25, 0.3) is 0 Å². The summed E-state index contributed by atoms with van der Waals surface area (Å²) in [4.78, 5) is 34.1. The van der Waals surface area contributed by atoms with Crippen molar-refractivity contribution in [1.82, 2.24) is 5.32 Å². The summed E-state index contributed by atoms with van der Waals surface area (Å²) in [5, 5.41) is 2.69. The summed E-state index contributed by atoms with van der Waals surface area (Å²) in [5.74, 6) is -0.858. The van der Waals surface area contributed by atoms with Gasteiger partial charge in [-0.05, 0) is 78.8 Å². The molecule has 1 N–H and O–H groups in total. The maximum Gasteiger partial charge on any atom is 0.446 e. The fourth-order valence-corrected chi connectivity index (χ4v) is 6.48. The molecule has 0 aliphatic heterocycles. The maximum absolute atomic E-state index is 14.7. The first-order valence-electron chi connectivity index (χ1n) is 9.97. The van der Waals surface area contributed by atoms with Crippen molar-refractivity contribution in [3.05, 3.63) is 33.6 Å². The van der Waals surface area contributed by atoms with Crippen LogP contribution in [-0.2, 0) is 25.7 Å². The van der Waals surface area contributed by atoms with Gasteiger partial charge in [-0.25, -0.2) is 0 Å². The third-order valence-electron chi connectivity index (χ3n) is 6.68. The molecular weight excluding hydrogens is 436 g/mol. The molecule has 4 aliphatic carbocycles. The second-order valence-corrected chi connectivity index (χ2v) is 10.5. The zero-order valence-corrected chi connectivity index (χ0v) is 17.2. The van der Waals surface area contributed by atoms with Gasteiger partial charge in [-0.2, -0.15) is 17.2 Å². The number of nitrogens with zero attached hydrogens (tertiary/aromatic N) is 2.